The van der Waals surface area contributed by atoms with E-state index in [2.05, 4.69) is 22.3 Å². The van der Waals surface area contributed by atoms with E-state index in [9.17, 15) is 0 Å². The minimum atomic E-state index is 0.719. The van der Waals surface area contributed by atoms with Crippen LogP contribution in [0.25, 0.3) is 0 Å². The van der Waals surface area contributed by atoms with Crippen LogP contribution in [0, 0.1) is 0 Å². The van der Waals surface area contributed by atoms with Gasteiger partial charge in [0.05, 0.1) is 12.7 Å². The Hall–Kier alpha value is -0.870. The summed E-state index contributed by atoms with van der Waals surface area (Å²) in [5.74, 6) is 1.01. The molecule has 2 atom stereocenters. The second-order valence-corrected chi connectivity index (χ2v) is 5.62. The standard InChI is InChI=1S/C14H23N3O/c1-2-15-11-8-12-4-3-5-13(9-11)17(12)10-14-6-7-16-18-14/h6-7,11-13,15H,2-5,8-10H2,1H3. The monoisotopic (exact) mass is 249 g/mol. The van der Waals surface area contributed by atoms with Gasteiger partial charge in [-0.25, -0.2) is 0 Å². The molecule has 3 rings (SSSR count). The predicted octanol–water partition coefficient (Wildman–Crippen LogP) is 2.17. The molecule has 1 aromatic heterocycles. The van der Waals surface area contributed by atoms with Crippen LogP contribution in [0.5, 0.6) is 0 Å². The topological polar surface area (TPSA) is 41.3 Å². The molecule has 18 heavy (non-hydrogen) atoms. The van der Waals surface area contributed by atoms with Crippen molar-refractivity contribution in [3.8, 4) is 0 Å². The third kappa shape index (κ3) is 2.45. The Bertz CT molecular complexity index is 351. The summed E-state index contributed by atoms with van der Waals surface area (Å²) >= 11 is 0. The molecule has 0 aliphatic carbocycles. The van der Waals surface area contributed by atoms with E-state index in [4.69, 9.17) is 4.52 Å². The summed E-state index contributed by atoms with van der Waals surface area (Å²) in [5.41, 5.74) is 0. The SMILES string of the molecule is CCNC1CC2CCCC(C1)N2Cc1ccno1. The third-order valence-electron chi connectivity index (χ3n) is 4.45. The zero-order valence-corrected chi connectivity index (χ0v) is 11.1. The van der Waals surface area contributed by atoms with Gasteiger partial charge in [0.15, 0.2) is 5.76 Å². The summed E-state index contributed by atoms with van der Waals surface area (Å²) in [6.45, 7) is 4.23. The summed E-state index contributed by atoms with van der Waals surface area (Å²) in [5, 5.41) is 7.44. The lowest BCUT2D eigenvalue weighted by atomic mass is 9.81. The van der Waals surface area contributed by atoms with Crippen LogP contribution in [0.3, 0.4) is 0 Å². The maximum absolute atomic E-state index is 5.27. The fraction of sp³-hybridized carbons (Fsp3) is 0.786. The van der Waals surface area contributed by atoms with Gasteiger partial charge in [0, 0.05) is 24.2 Å². The number of nitrogens with one attached hydrogen (secondary N) is 1. The Morgan fingerprint density at radius 2 is 2.17 bits per heavy atom. The van der Waals surface area contributed by atoms with E-state index < -0.39 is 0 Å². The van der Waals surface area contributed by atoms with Crippen LogP contribution >= 0.6 is 0 Å². The Morgan fingerprint density at radius 1 is 1.39 bits per heavy atom. The van der Waals surface area contributed by atoms with E-state index in [0.29, 0.717) is 0 Å². The Labute approximate surface area is 109 Å². The smallest absolute Gasteiger partial charge is 0.150 e. The lowest BCUT2D eigenvalue weighted by molar-refractivity contribution is 0.0118. The van der Waals surface area contributed by atoms with Gasteiger partial charge in [-0.1, -0.05) is 18.5 Å². The van der Waals surface area contributed by atoms with Crippen molar-refractivity contribution >= 4 is 0 Å². The molecule has 0 radical (unpaired) electrons. The zero-order valence-electron chi connectivity index (χ0n) is 11.1. The molecule has 2 aliphatic heterocycles. The highest BCUT2D eigenvalue weighted by Gasteiger charge is 2.38. The van der Waals surface area contributed by atoms with Gasteiger partial charge in [0.2, 0.25) is 0 Å². The van der Waals surface area contributed by atoms with Crippen LogP contribution in [0.15, 0.2) is 16.8 Å². The fourth-order valence-electron chi connectivity index (χ4n) is 3.70. The number of fused-ring (bicyclic) bond motifs is 2. The first-order chi connectivity index (χ1) is 8.86. The molecule has 0 amide bonds. The number of piperidine rings is 2. The molecule has 4 heteroatoms. The molecule has 2 saturated heterocycles. The molecule has 2 fully saturated rings. The summed E-state index contributed by atoms with van der Waals surface area (Å²) in [7, 11) is 0. The molecule has 4 nitrogen and oxygen atoms in total. The second-order valence-electron chi connectivity index (χ2n) is 5.62. The molecule has 0 spiro atoms. The van der Waals surface area contributed by atoms with Crippen molar-refractivity contribution in [2.24, 2.45) is 0 Å². The van der Waals surface area contributed by atoms with Crippen molar-refractivity contribution in [3.63, 3.8) is 0 Å². The minimum absolute atomic E-state index is 0.719. The zero-order chi connectivity index (χ0) is 12.4. The number of hydrogen-bond acceptors (Lipinski definition) is 4. The van der Waals surface area contributed by atoms with Crippen LogP contribution in [0.4, 0.5) is 0 Å². The predicted molar refractivity (Wildman–Crippen MR) is 70.2 cm³/mol. The van der Waals surface area contributed by atoms with E-state index in [0.717, 1.165) is 37.0 Å². The van der Waals surface area contributed by atoms with Gasteiger partial charge in [-0.15, -0.1) is 0 Å². The highest BCUT2D eigenvalue weighted by Crippen LogP contribution is 2.35. The summed E-state index contributed by atoms with van der Waals surface area (Å²) < 4.78 is 5.27. The maximum Gasteiger partial charge on any atom is 0.150 e. The third-order valence-corrected chi connectivity index (χ3v) is 4.45. The van der Waals surface area contributed by atoms with Gasteiger partial charge in [-0.05, 0) is 32.2 Å². The van der Waals surface area contributed by atoms with Gasteiger partial charge in [-0.3, -0.25) is 4.90 Å². The fourth-order valence-corrected chi connectivity index (χ4v) is 3.70. The normalized spacial score (nSPS) is 32.6. The molecule has 2 unspecified atom stereocenters. The van der Waals surface area contributed by atoms with Gasteiger partial charge < -0.3 is 9.84 Å². The van der Waals surface area contributed by atoms with E-state index >= 15 is 0 Å². The van der Waals surface area contributed by atoms with Gasteiger partial charge in [0.1, 0.15) is 0 Å². The maximum atomic E-state index is 5.27. The molecule has 2 aliphatic rings. The van der Waals surface area contributed by atoms with Crippen LogP contribution in [0.1, 0.15) is 44.8 Å². The highest BCUT2D eigenvalue weighted by molar-refractivity contribution is 5.00. The van der Waals surface area contributed by atoms with E-state index in [1.54, 1.807) is 6.20 Å². The van der Waals surface area contributed by atoms with Crippen LogP contribution in [0.2, 0.25) is 0 Å². The van der Waals surface area contributed by atoms with Crippen molar-refractivity contribution in [1.82, 2.24) is 15.4 Å². The molecule has 1 N–H and O–H groups in total. The van der Waals surface area contributed by atoms with Crippen molar-refractivity contribution < 1.29 is 4.52 Å². The Balaban J connectivity index is 1.68. The molecule has 1 aromatic rings. The highest BCUT2D eigenvalue weighted by atomic mass is 16.5. The average molecular weight is 249 g/mol. The van der Waals surface area contributed by atoms with Gasteiger partial charge in [-0.2, -0.15) is 0 Å². The molecule has 0 aromatic carbocycles. The first-order valence-electron chi connectivity index (χ1n) is 7.25. The molecular formula is C14H23N3O. The van der Waals surface area contributed by atoms with E-state index in [1.807, 2.05) is 6.07 Å². The quantitative estimate of drug-likeness (QED) is 0.888. The van der Waals surface area contributed by atoms with E-state index in [-0.39, 0.29) is 0 Å². The summed E-state index contributed by atoms with van der Waals surface area (Å²) in [4.78, 5) is 2.65. The van der Waals surface area contributed by atoms with Crippen molar-refractivity contribution in [2.75, 3.05) is 6.54 Å². The lowest BCUT2D eigenvalue weighted by Crippen LogP contribution is -2.55. The van der Waals surface area contributed by atoms with E-state index in [1.165, 1.54) is 32.1 Å². The minimum Gasteiger partial charge on any atom is -0.360 e. The van der Waals surface area contributed by atoms with Crippen molar-refractivity contribution in [1.29, 1.82) is 0 Å². The van der Waals surface area contributed by atoms with Crippen LogP contribution in [-0.2, 0) is 6.54 Å². The van der Waals surface area contributed by atoms with Gasteiger partial charge >= 0.3 is 0 Å². The number of rotatable bonds is 4. The van der Waals surface area contributed by atoms with Crippen molar-refractivity contribution in [3.05, 3.63) is 18.0 Å². The average Bonchev–Trinajstić information content (AvgIpc) is 2.83. The largest absolute Gasteiger partial charge is 0.360 e. The first-order valence-corrected chi connectivity index (χ1v) is 7.25. The van der Waals surface area contributed by atoms with Crippen molar-refractivity contribution in [2.45, 2.75) is 63.7 Å². The number of aromatic nitrogens is 1. The number of hydrogen-bond donors (Lipinski definition) is 1. The number of nitrogens with zero attached hydrogens (tertiary/aromatic N) is 2. The lowest BCUT2D eigenvalue weighted by Gasteiger charge is -2.48. The second kappa shape index (κ2) is 5.41. The molecule has 0 saturated carbocycles. The van der Waals surface area contributed by atoms with Gasteiger partial charge in [0.25, 0.3) is 0 Å². The summed E-state index contributed by atoms with van der Waals surface area (Å²) in [6, 6.07) is 4.17. The van der Waals surface area contributed by atoms with Crippen LogP contribution in [-0.4, -0.2) is 34.7 Å². The molecule has 2 bridgehead atoms. The summed E-state index contributed by atoms with van der Waals surface area (Å²) in [6.07, 6.45) is 8.40. The molecular weight excluding hydrogens is 226 g/mol. The molecule has 100 valence electrons. The molecule has 3 heterocycles. The Morgan fingerprint density at radius 3 is 2.78 bits per heavy atom. The van der Waals surface area contributed by atoms with Crippen LogP contribution < -0.4 is 5.32 Å². The Kier molecular flexibility index (Phi) is 3.66. The first kappa shape index (κ1) is 12.2.